The lowest BCUT2D eigenvalue weighted by molar-refractivity contribution is 0.989. The van der Waals surface area contributed by atoms with Crippen LogP contribution in [0.15, 0.2) is 30.3 Å². The summed E-state index contributed by atoms with van der Waals surface area (Å²) in [7, 11) is 0. The molecule has 0 aromatic heterocycles. The van der Waals surface area contributed by atoms with Crippen molar-refractivity contribution in [1.29, 1.82) is 0 Å². The summed E-state index contributed by atoms with van der Waals surface area (Å²) in [5.74, 6) is 1.26. The Morgan fingerprint density at radius 1 is 1.29 bits per heavy atom. The van der Waals surface area contributed by atoms with Gasteiger partial charge in [-0.15, -0.1) is 0 Å². The molecule has 0 saturated heterocycles. The summed E-state index contributed by atoms with van der Waals surface area (Å²) in [6.07, 6.45) is 1.26. The first-order valence-electron chi connectivity index (χ1n) is 5.23. The standard InChI is InChI=1S/C12H19NS/c1-3-9-14-11(2)10-13-12-7-5-4-6-8-12/h4-8,11,13H,3,9-10H2,1-2H3. The van der Waals surface area contributed by atoms with E-state index < -0.39 is 0 Å². The van der Waals surface area contributed by atoms with Gasteiger partial charge in [-0.3, -0.25) is 0 Å². The summed E-state index contributed by atoms with van der Waals surface area (Å²) in [6.45, 7) is 5.55. The molecule has 1 N–H and O–H groups in total. The van der Waals surface area contributed by atoms with Crippen LogP contribution < -0.4 is 5.32 Å². The van der Waals surface area contributed by atoms with E-state index in [1.54, 1.807) is 0 Å². The SMILES string of the molecule is CCCSC(C)CNc1ccccc1. The number of thioether (sulfide) groups is 1. The topological polar surface area (TPSA) is 12.0 Å². The van der Waals surface area contributed by atoms with Gasteiger partial charge in [-0.2, -0.15) is 11.8 Å². The van der Waals surface area contributed by atoms with Crippen molar-refractivity contribution in [2.75, 3.05) is 17.6 Å². The first-order chi connectivity index (χ1) is 6.83. The average Bonchev–Trinajstić information content (AvgIpc) is 2.25. The van der Waals surface area contributed by atoms with Gasteiger partial charge in [0.2, 0.25) is 0 Å². The molecule has 0 saturated carbocycles. The molecule has 0 fully saturated rings. The molecule has 1 rings (SSSR count). The predicted octanol–water partition coefficient (Wildman–Crippen LogP) is 3.63. The summed E-state index contributed by atoms with van der Waals surface area (Å²) in [5.41, 5.74) is 1.22. The third-order valence-corrected chi connectivity index (χ3v) is 3.35. The van der Waals surface area contributed by atoms with E-state index in [1.807, 2.05) is 17.8 Å². The smallest absolute Gasteiger partial charge is 0.0340 e. The fourth-order valence-electron chi connectivity index (χ4n) is 1.20. The number of hydrogen-bond acceptors (Lipinski definition) is 2. The number of anilines is 1. The molecular formula is C12H19NS. The highest BCUT2D eigenvalue weighted by molar-refractivity contribution is 7.99. The van der Waals surface area contributed by atoms with Crippen LogP contribution in [0.2, 0.25) is 0 Å². The quantitative estimate of drug-likeness (QED) is 0.768. The summed E-state index contributed by atoms with van der Waals surface area (Å²) in [4.78, 5) is 0. The third-order valence-electron chi connectivity index (χ3n) is 1.97. The van der Waals surface area contributed by atoms with Crippen molar-refractivity contribution in [3.63, 3.8) is 0 Å². The molecule has 0 heterocycles. The molecule has 2 heteroatoms. The highest BCUT2D eigenvalue weighted by Gasteiger charge is 2.00. The number of para-hydroxylation sites is 1. The summed E-state index contributed by atoms with van der Waals surface area (Å²) >= 11 is 2.03. The molecular weight excluding hydrogens is 190 g/mol. The van der Waals surface area contributed by atoms with Gasteiger partial charge >= 0.3 is 0 Å². The Labute approximate surface area is 91.3 Å². The predicted molar refractivity (Wildman–Crippen MR) is 67.1 cm³/mol. The minimum Gasteiger partial charge on any atom is -0.384 e. The number of nitrogens with one attached hydrogen (secondary N) is 1. The van der Waals surface area contributed by atoms with Gasteiger partial charge in [-0.1, -0.05) is 32.0 Å². The molecule has 78 valence electrons. The lowest BCUT2D eigenvalue weighted by Crippen LogP contribution is -2.13. The third kappa shape index (κ3) is 4.56. The minimum atomic E-state index is 0.690. The summed E-state index contributed by atoms with van der Waals surface area (Å²) < 4.78 is 0. The van der Waals surface area contributed by atoms with Gasteiger partial charge in [0.1, 0.15) is 0 Å². The van der Waals surface area contributed by atoms with Crippen LogP contribution in [0.5, 0.6) is 0 Å². The van der Waals surface area contributed by atoms with Crippen molar-refractivity contribution in [3.05, 3.63) is 30.3 Å². The van der Waals surface area contributed by atoms with Crippen LogP contribution in [0.25, 0.3) is 0 Å². The fourth-order valence-corrected chi connectivity index (χ4v) is 2.03. The molecule has 0 aliphatic carbocycles. The van der Waals surface area contributed by atoms with E-state index in [2.05, 4.69) is 43.4 Å². The van der Waals surface area contributed by atoms with E-state index in [0.29, 0.717) is 5.25 Å². The summed E-state index contributed by atoms with van der Waals surface area (Å²) in [6, 6.07) is 10.4. The zero-order valence-electron chi connectivity index (χ0n) is 8.99. The van der Waals surface area contributed by atoms with Gasteiger partial charge in [0.25, 0.3) is 0 Å². The Morgan fingerprint density at radius 2 is 2.00 bits per heavy atom. The van der Waals surface area contributed by atoms with Gasteiger partial charge in [0, 0.05) is 17.5 Å². The van der Waals surface area contributed by atoms with E-state index in [0.717, 1.165) is 6.54 Å². The molecule has 0 amide bonds. The first-order valence-corrected chi connectivity index (χ1v) is 6.28. The maximum Gasteiger partial charge on any atom is 0.0340 e. The van der Waals surface area contributed by atoms with Crippen LogP contribution in [0.3, 0.4) is 0 Å². The minimum absolute atomic E-state index is 0.690. The molecule has 1 aromatic carbocycles. The Morgan fingerprint density at radius 3 is 2.64 bits per heavy atom. The molecule has 1 unspecified atom stereocenters. The van der Waals surface area contributed by atoms with E-state index in [9.17, 15) is 0 Å². The Balaban J connectivity index is 2.20. The van der Waals surface area contributed by atoms with Crippen molar-refractivity contribution < 1.29 is 0 Å². The zero-order valence-corrected chi connectivity index (χ0v) is 9.81. The van der Waals surface area contributed by atoms with Gasteiger partial charge < -0.3 is 5.32 Å². The molecule has 1 atom stereocenters. The zero-order chi connectivity index (χ0) is 10.2. The molecule has 0 bridgehead atoms. The molecule has 0 aliphatic rings. The van der Waals surface area contributed by atoms with Gasteiger partial charge in [0.15, 0.2) is 0 Å². The maximum atomic E-state index is 3.43. The average molecular weight is 209 g/mol. The van der Waals surface area contributed by atoms with E-state index >= 15 is 0 Å². The normalized spacial score (nSPS) is 12.4. The second-order valence-corrected chi connectivity index (χ2v) is 4.97. The monoisotopic (exact) mass is 209 g/mol. The maximum absolute atomic E-state index is 3.43. The Bertz CT molecular complexity index is 235. The van der Waals surface area contributed by atoms with Crippen molar-refractivity contribution in [3.8, 4) is 0 Å². The highest BCUT2D eigenvalue weighted by Crippen LogP contribution is 2.13. The van der Waals surface area contributed by atoms with Crippen LogP contribution in [0.4, 0.5) is 5.69 Å². The van der Waals surface area contributed by atoms with Gasteiger partial charge in [-0.05, 0) is 24.3 Å². The molecule has 1 nitrogen and oxygen atoms in total. The number of rotatable bonds is 6. The van der Waals surface area contributed by atoms with E-state index in [1.165, 1.54) is 17.9 Å². The lowest BCUT2D eigenvalue weighted by atomic mass is 10.3. The van der Waals surface area contributed by atoms with Crippen LogP contribution in [-0.4, -0.2) is 17.5 Å². The van der Waals surface area contributed by atoms with Crippen LogP contribution >= 0.6 is 11.8 Å². The second kappa shape index (κ2) is 6.77. The number of hydrogen-bond donors (Lipinski definition) is 1. The molecule has 14 heavy (non-hydrogen) atoms. The van der Waals surface area contributed by atoms with Gasteiger partial charge in [-0.25, -0.2) is 0 Å². The van der Waals surface area contributed by atoms with E-state index in [4.69, 9.17) is 0 Å². The summed E-state index contributed by atoms with van der Waals surface area (Å²) in [5, 5.41) is 4.12. The van der Waals surface area contributed by atoms with Crippen molar-refractivity contribution in [1.82, 2.24) is 0 Å². The largest absolute Gasteiger partial charge is 0.384 e. The molecule has 1 aromatic rings. The Hall–Kier alpha value is -0.630. The number of benzene rings is 1. The first kappa shape index (κ1) is 11.4. The molecule has 0 spiro atoms. The van der Waals surface area contributed by atoms with Crippen LogP contribution in [0, 0.1) is 0 Å². The van der Waals surface area contributed by atoms with Crippen molar-refractivity contribution >= 4 is 17.4 Å². The van der Waals surface area contributed by atoms with Crippen LogP contribution in [0.1, 0.15) is 20.3 Å². The molecule has 0 aliphatic heterocycles. The second-order valence-electron chi connectivity index (χ2n) is 3.43. The lowest BCUT2D eigenvalue weighted by Gasteiger charge is -2.12. The van der Waals surface area contributed by atoms with E-state index in [-0.39, 0.29) is 0 Å². The van der Waals surface area contributed by atoms with Gasteiger partial charge in [0.05, 0.1) is 0 Å². The fraction of sp³-hybridized carbons (Fsp3) is 0.500. The van der Waals surface area contributed by atoms with Crippen molar-refractivity contribution in [2.24, 2.45) is 0 Å². The van der Waals surface area contributed by atoms with Crippen molar-refractivity contribution in [2.45, 2.75) is 25.5 Å². The highest BCUT2D eigenvalue weighted by atomic mass is 32.2. The molecule has 0 radical (unpaired) electrons. The Kier molecular flexibility index (Phi) is 5.53. The van der Waals surface area contributed by atoms with Crippen LogP contribution in [-0.2, 0) is 0 Å².